The molecule has 0 aliphatic carbocycles. The smallest absolute Gasteiger partial charge is 0.387 e. The van der Waals surface area contributed by atoms with Gasteiger partial charge in [-0.3, -0.25) is 4.79 Å². The molecule has 16 heavy (non-hydrogen) atoms. The first kappa shape index (κ1) is 13.5. The first-order valence-corrected chi connectivity index (χ1v) is 5.52. The molecule has 1 heterocycles. The topological polar surface area (TPSA) is 38.3 Å². The highest BCUT2D eigenvalue weighted by molar-refractivity contribution is 9.12. The molecule has 1 fully saturated rings. The van der Waals surface area contributed by atoms with Crippen molar-refractivity contribution >= 4 is 21.7 Å². The molecule has 0 aromatic rings. The lowest BCUT2D eigenvalue weighted by Crippen LogP contribution is -2.26. The van der Waals surface area contributed by atoms with Crippen LogP contribution in [0.5, 0.6) is 0 Å². The summed E-state index contributed by atoms with van der Waals surface area (Å²) in [6.45, 7) is 1.08. The molecule has 1 rings (SSSR count). The zero-order valence-electron chi connectivity index (χ0n) is 8.31. The molecule has 1 N–H and O–H groups in total. The van der Waals surface area contributed by atoms with Gasteiger partial charge in [-0.25, -0.2) is 0 Å². The summed E-state index contributed by atoms with van der Waals surface area (Å²) in [6.07, 6.45) is -1.99. The zero-order valence-corrected chi connectivity index (χ0v) is 9.90. The molecule has 92 valence electrons. The predicted molar refractivity (Wildman–Crippen MR) is 55.0 cm³/mol. The van der Waals surface area contributed by atoms with Crippen LogP contribution in [-0.4, -0.2) is 31.2 Å². The van der Waals surface area contributed by atoms with E-state index in [1.807, 2.05) is 0 Å². The molecule has 0 aromatic carbocycles. The van der Waals surface area contributed by atoms with E-state index in [-0.39, 0.29) is 6.10 Å². The highest BCUT2D eigenvalue weighted by Gasteiger charge is 2.39. The van der Waals surface area contributed by atoms with Gasteiger partial charge in [-0.2, -0.15) is 13.2 Å². The van der Waals surface area contributed by atoms with E-state index in [0.29, 0.717) is 13.2 Å². The SMILES string of the molecule is O=C(/C(Br)=C/NCC1CCCO1)C(F)(F)F. The van der Waals surface area contributed by atoms with Crippen LogP contribution < -0.4 is 5.32 Å². The second-order valence-corrected chi connectivity index (χ2v) is 4.22. The summed E-state index contributed by atoms with van der Waals surface area (Å²) in [5.41, 5.74) is 0. The number of hydrogen-bond donors (Lipinski definition) is 1. The molecular weight excluding hydrogens is 291 g/mol. The highest BCUT2D eigenvalue weighted by Crippen LogP contribution is 2.23. The van der Waals surface area contributed by atoms with Crippen molar-refractivity contribution in [3.8, 4) is 0 Å². The minimum atomic E-state index is -4.85. The molecular formula is C9H11BrF3NO2. The first-order valence-electron chi connectivity index (χ1n) is 4.73. The van der Waals surface area contributed by atoms with Gasteiger partial charge in [0.2, 0.25) is 0 Å². The van der Waals surface area contributed by atoms with Crippen molar-refractivity contribution in [3.05, 3.63) is 10.7 Å². The molecule has 0 spiro atoms. The lowest BCUT2D eigenvalue weighted by molar-refractivity contribution is -0.165. The summed E-state index contributed by atoms with van der Waals surface area (Å²) < 4.78 is 40.6. The van der Waals surface area contributed by atoms with Crippen molar-refractivity contribution in [3.63, 3.8) is 0 Å². The Labute approximate surface area is 99.2 Å². The van der Waals surface area contributed by atoms with Gasteiger partial charge in [0, 0.05) is 19.4 Å². The average Bonchev–Trinajstić information content (AvgIpc) is 2.67. The van der Waals surface area contributed by atoms with Crippen LogP contribution >= 0.6 is 15.9 Å². The quantitative estimate of drug-likeness (QED) is 0.809. The van der Waals surface area contributed by atoms with Gasteiger partial charge >= 0.3 is 6.18 Å². The van der Waals surface area contributed by atoms with Gasteiger partial charge in [-0.05, 0) is 28.8 Å². The van der Waals surface area contributed by atoms with E-state index in [2.05, 4.69) is 21.2 Å². The van der Waals surface area contributed by atoms with Crippen LogP contribution in [0.2, 0.25) is 0 Å². The number of ether oxygens (including phenoxy) is 1. The molecule has 1 aliphatic rings. The number of alkyl halides is 3. The van der Waals surface area contributed by atoms with Gasteiger partial charge in [-0.1, -0.05) is 0 Å². The van der Waals surface area contributed by atoms with Crippen LogP contribution in [0.3, 0.4) is 0 Å². The Bertz CT molecular complexity index is 285. The number of allylic oxidation sites excluding steroid dienone is 1. The molecule has 1 unspecified atom stereocenters. The van der Waals surface area contributed by atoms with E-state index >= 15 is 0 Å². The molecule has 7 heteroatoms. The molecule has 0 saturated carbocycles. The van der Waals surface area contributed by atoms with Gasteiger partial charge in [0.15, 0.2) is 0 Å². The summed E-state index contributed by atoms with van der Waals surface area (Å²) in [5, 5.41) is 2.63. The van der Waals surface area contributed by atoms with Crippen LogP contribution in [-0.2, 0) is 9.53 Å². The van der Waals surface area contributed by atoms with E-state index in [1.165, 1.54) is 0 Å². The molecule has 1 saturated heterocycles. The van der Waals surface area contributed by atoms with Crippen molar-refractivity contribution in [1.82, 2.24) is 5.32 Å². The first-order chi connectivity index (χ1) is 7.41. The van der Waals surface area contributed by atoms with Crippen molar-refractivity contribution in [1.29, 1.82) is 0 Å². The number of hydrogen-bond acceptors (Lipinski definition) is 3. The van der Waals surface area contributed by atoms with Crippen LogP contribution in [0.15, 0.2) is 10.7 Å². The Morgan fingerprint density at radius 1 is 1.56 bits per heavy atom. The highest BCUT2D eigenvalue weighted by atomic mass is 79.9. The van der Waals surface area contributed by atoms with E-state index in [4.69, 9.17) is 4.74 Å². The van der Waals surface area contributed by atoms with E-state index in [9.17, 15) is 18.0 Å². The maximum absolute atomic E-state index is 12.0. The fourth-order valence-corrected chi connectivity index (χ4v) is 1.67. The molecule has 1 atom stereocenters. The fourth-order valence-electron chi connectivity index (χ4n) is 1.29. The van der Waals surface area contributed by atoms with Crippen LogP contribution in [0.4, 0.5) is 13.2 Å². The van der Waals surface area contributed by atoms with Crippen molar-refractivity contribution < 1.29 is 22.7 Å². The Kier molecular flexibility index (Phi) is 4.79. The van der Waals surface area contributed by atoms with Crippen LogP contribution in [0.25, 0.3) is 0 Å². The monoisotopic (exact) mass is 301 g/mol. The third-order valence-electron chi connectivity index (χ3n) is 2.07. The Morgan fingerprint density at radius 2 is 2.25 bits per heavy atom. The minimum Gasteiger partial charge on any atom is -0.387 e. The van der Waals surface area contributed by atoms with E-state index < -0.39 is 16.4 Å². The van der Waals surface area contributed by atoms with E-state index in [1.54, 1.807) is 0 Å². The largest absolute Gasteiger partial charge is 0.455 e. The number of Topliss-reactive ketones (excluding diaryl/α,β-unsaturated/α-hetero) is 1. The van der Waals surface area contributed by atoms with Gasteiger partial charge in [0.05, 0.1) is 10.6 Å². The van der Waals surface area contributed by atoms with Gasteiger partial charge in [0.1, 0.15) is 0 Å². The van der Waals surface area contributed by atoms with Crippen LogP contribution in [0.1, 0.15) is 12.8 Å². The zero-order chi connectivity index (χ0) is 12.2. The third-order valence-corrected chi connectivity index (χ3v) is 2.66. The summed E-state index contributed by atoms with van der Waals surface area (Å²) in [4.78, 5) is 10.7. The molecule has 3 nitrogen and oxygen atoms in total. The van der Waals surface area contributed by atoms with Gasteiger partial charge in [-0.15, -0.1) is 0 Å². The lowest BCUT2D eigenvalue weighted by Gasteiger charge is -2.09. The lowest BCUT2D eigenvalue weighted by atomic mass is 10.2. The summed E-state index contributed by atoms with van der Waals surface area (Å²) >= 11 is 2.58. The summed E-state index contributed by atoms with van der Waals surface area (Å²) in [6, 6.07) is 0. The number of rotatable bonds is 4. The van der Waals surface area contributed by atoms with Crippen LogP contribution in [0, 0.1) is 0 Å². The number of carbonyl (C=O) groups excluding carboxylic acids is 1. The van der Waals surface area contributed by atoms with Gasteiger partial charge in [0.25, 0.3) is 5.78 Å². The second kappa shape index (κ2) is 5.67. The van der Waals surface area contributed by atoms with Crippen molar-refractivity contribution in [2.75, 3.05) is 13.2 Å². The Morgan fingerprint density at radius 3 is 2.75 bits per heavy atom. The summed E-state index contributed by atoms with van der Waals surface area (Å²) in [7, 11) is 0. The Balaban J connectivity index is 2.35. The number of carbonyl (C=O) groups is 1. The molecule has 0 amide bonds. The fraction of sp³-hybridized carbons (Fsp3) is 0.667. The third kappa shape index (κ3) is 4.13. The number of ketones is 1. The number of nitrogens with one attached hydrogen (secondary N) is 1. The van der Waals surface area contributed by atoms with Gasteiger partial charge < -0.3 is 10.1 Å². The standard InChI is InChI=1S/C9H11BrF3NO2/c10-7(8(15)9(11,12)13)5-14-4-6-2-1-3-16-6/h5-6,14H,1-4H2/b7-5-. The molecule has 0 bridgehead atoms. The maximum atomic E-state index is 12.0. The Hall–Kier alpha value is -0.560. The molecule has 1 aliphatic heterocycles. The van der Waals surface area contributed by atoms with E-state index in [0.717, 1.165) is 19.0 Å². The van der Waals surface area contributed by atoms with Crippen molar-refractivity contribution in [2.45, 2.75) is 25.1 Å². The summed E-state index contributed by atoms with van der Waals surface area (Å²) in [5.74, 6) is -1.90. The average molecular weight is 302 g/mol. The number of halogens is 4. The molecule has 0 aromatic heterocycles. The van der Waals surface area contributed by atoms with Crippen molar-refractivity contribution in [2.24, 2.45) is 0 Å². The maximum Gasteiger partial charge on any atom is 0.455 e. The second-order valence-electron chi connectivity index (χ2n) is 3.36. The molecule has 0 radical (unpaired) electrons. The normalized spacial score (nSPS) is 22.2. The predicted octanol–water partition coefficient (Wildman–Crippen LogP) is 2.12. The minimum absolute atomic E-state index is 0.0116.